The molecule has 0 spiro atoms. The van der Waals surface area contributed by atoms with E-state index in [1.165, 1.54) is 5.57 Å². The second-order valence-electron chi connectivity index (χ2n) is 3.77. The van der Waals surface area contributed by atoms with Crippen molar-refractivity contribution in [3.8, 4) is 0 Å². The topological polar surface area (TPSA) is 21.3 Å². The number of methoxy groups -OCH3 is 1. The molecule has 0 aliphatic carbocycles. The zero-order valence-electron chi connectivity index (χ0n) is 8.74. The van der Waals surface area contributed by atoms with Crippen LogP contribution in [0.2, 0.25) is 0 Å². The lowest BCUT2D eigenvalue weighted by Gasteiger charge is -2.25. The summed E-state index contributed by atoms with van der Waals surface area (Å²) in [4.78, 5) is 0. The Morgan fingerprint density at radius 1 is 1.50 bits per heavy atom. The van der Waals surface area contributed by atoms with E-state index in [9.17, 15) is 0 Å². The third-order valence-electron chi connectivity index (χ3n) is 1.82. The van der Waals surface area contributed by atoms with Crippen molar-refractivity contribution in [3.63, 3.8) is 0 Å². The molecular formula is C10H21NO. The first kappa shape index (κ1) is 11.7. The fourth-order valence-corrected chi connectivity index (χ4v) is 0.901. The summed E-state index contributed by atoms with van der Waals surface area (Å²) in [6, 6.07) is 0. The first-order valence-electron chi connectivity index (χ1n) is 4.42. The quantitative estimate of drug-likeness (QED) is 0.617. The maximum Gasteiger partial charge on any atom is 0.0639 e. The highest BCUT2D eigenvalue weighted by Gasteiger charge is 2.15. The molecule has 0 amide bonds. The lowest BCUT2D eigenvalue weighted by Crippen LogP contribution is -2.44. The third-order valence-corrected chi connectivity index (χ3v) is 1.82. The van der Waals surface area contributed by atoms with E-state index in [2.05, 4.69) is 32.7 Å². The van der Waals surface area contributed by atoms with Crippen LogP contribution in [-0.4, -0.2) is 25.8 Å². The number of ether oxygens (including phenoxy) is 1. The molecule has 0 rings (SSSR count). The van der Waals surface area contributed by atoms with Crippen LogP contribution < -0.4 is 5.32 Å². The molecule has 0 unspecified atom stereocenters. The van der Waals surface area contributed by atoms with Gasteiger partial charge in [-0.25, -0.2) is 0 Å². The van der Waals surface area contributed by atoms with Gasteiger partial charge in [0.05, 0.1) is 6.61 Å². The van der Waals surface area contributed by atoms with Crippen molar-refractivity contribution >= 4 is 0 Å². The summed E-state index contributed by atoms with van der Waals surface area (Å²) in [5, 5.41) is 3.39. The minimum Gasteiger partial charge on any atom is -0.383 e. The molecule has 72 valence electrons. The van der Waals surface area contributed by atoms with Gasteiger partial charge < -0.3 is 10.1 Å². The summed E-state index contributed by atoms with van der Waals surface area (Å²) >= 11 is 0. The lowest BCUT2D eigenvalue weighted by molar-refractivity contribution is 0.130. The van der Waals surface area contributed by atoms with Gasteiger partial charge in [-0.1, -0.05) is 19.1 Å². The molecule has 0 aromatic carbocycles. The average Bonchev–Trinajstić information content (AvgIpc) is 2.00. The standard InChI is InChI=1S/C10H21NO/c1-6-9(2)7-11-10(3,4)8-12-5/h11H,2,6-8H2,1,3-5H3. The number of nitrogens with one attached hydrogen (secondary N) is 1. The van der Waals surface area contributed by atoms with Gasteiger partial charge in [0.25, 0.3) is 0 Å². The monoisotopic (exact) mass is 171 g/mol. The minimum atomic E-state index is 0.0485. The van der Waals surface area contributed by atoms with Crippen LogP contribution >= 0.6 is 0 Å². The van der Waals surface area contributed by atoms with Crippen molar-refractivity contribution in [1.29, 1.82) is 0 Å². The van der Waals surface area contributed by atoms with E-state index in [-0.39, 0.29) is 5.54 Å². The zero-order valence-corrected chi connectivity index (χ0v) is 8.74. The van der Waals surface area contributed by atoms with E-state index in [4.69, 9.17) is 4.74 Å². The van der Waals surface area contributed by atoms with E-state index in [0.717, 1.165) is 19.6 Å². The molecular weight excluding hydrogens is 150 g/mol. The van der Waals surface area contributed by atoms with Crippen molar-refractivity contribution < 1.29 is 4.74 Å². The molecule has 0 heterocycles. The van der Waals surface area contributed by atoms with Gasteiger partial charge >= 0.3 is 0 Å². The molecule has 0 aliphatic heterocycles. The normalized spacial score (nSPS) is 11.7. The highest BCUT2D eigenvalue weighted by molar-refractivity contribution is 4.97. The molecule has 0 radical (unpaired) electrons. The van der Waals surface area contributed by atoms with Crippen molar-refractivity contribution in [1.82, 2.24) is 5.32 Å². The first-order chi connectivity index (χ1) is 5.52. The van der Waals surface area contributed by atoms with Crippen LogP contribution in [0.3, 0.4) is 0 Å². The molecule has 2 nitrogen and oxygen atoms in total. The van der Waals surface area contributed by atoms with Crippen LogP contribution in [0.15, 0.2) is 12.2 Å². The number of rotatable bonds is 6. The molecule has 0 fully saturated rings. The fourth-order valence-electron chi connectivity index (χ4n) is 0.901. The number of hydrogen-bond donors (Lipinski definition) is 1. The van der Waals surface area contributed by atoms with Gasteiger partial charge in [-0.15, -0.1) is 0 Å². The zero-order chi connectivity index (χ0) is 9.61. The maximum absolute atomic E-state index is 5.08. The Kier molecular flexibility index (Phi) is 5.18. The predicted octanol–water partition coefficient (Wildman–Crippen LogP) is 1.97. The molecule has 0 aromatic rings. The van der Waals surface area contributed by atoms with Gasteiger partial charge in [-0.05, 0) is 20.3 Å². The largest absolute Gasteiger partial charge is 0.383 e. The van der Waals surface area contributed by atoms with Gasteiger partial charge in [-0.3, -0.25) is 0 Å². The van der Waals surface area contributed by atoms with Gasteiger partial charge in [0.2, 0.25) is 0 Å². The molecule has 0 atom stereocenters. The van der Waals surface area contributed by atoms with Crippen LogP contribution in [0.5, 0.6) is 0 Å². The summed E-state index contributed by atoms with van der Waals surface area (Å²) in [6.07, 6.45) is 1.04. The highest BCUT2D eigenvalue weighted by atomic mass is 16.5. The number of hydrogen-bond acceptors (Lipinski definition) is 2. The maximum atomic E-state index is 5.08. The Labute approximate surface area is 76.0 Å². The van der Waals surface area contributed by atoms with Crippen molar-refractivity contribution in [2.75, 3.05) is 20.3 Å². The summed E-state index contributed by atoms with van der Waals surface area (Å²) in [5.74, 6) is 0. The Morgan fingerprint density at radius 2 is 2.08 bits per heavy atom. The Hall–Kier alpha value is -0.340. The Balaban J connectivity index is 3.67. The van der Waals surface area contributed by atoms with Gasteiger partial charge in [0.1, 0.15) is 0 Å². The fraction of sp³-hybridized carbons (Fsp3) is 0.800. The molecule has 12 heavy (non-hydrogen) atoms. The smallest absolute Gasteiger partial charge is 0.0639 e. The summed E-state index contributed by atoms with van der Waals surface area (Å²) in [5.41, 5.74) is 1.28. The minimum absolute atomic E-state index is 0.0485. The second-order valence-corrected chi connectivity index (χ2v) is 3.77. The van der Waals surface area contributed by atoms with Crippen LogP contribution in [0.1, 0.15) is 27.2 Å². The Bertz CT molecular complexity index is 141. The molecule has 2 heteroatoms. The molecule has 1 N–H and O–H groups in total. The summed E-state index contributed by atoms with van der Waals surface area (Å²) in [7, 11) is 1.72. The van der Waals surface area contributed by atoms with Crippen molar-refractivity contribution in [2.45, 2.75) is 32.7 Å². The van der Waals surface area contributed by atoms with Crippen LogP contribution in [0, 0.1) is 0 Å². The van der Waals surface area contributed by atoms with Crippen LogP contribution in [0.25, 0.3) is 0 Å². The van der Waals surface area contributed by atoms with Crippen molar-refractivity contribution in [2.24, 2.45) is 0 Å². The van der Waals surface area contributed by atoms with Crippen LogP contribution in [-0.2, 0) is 4.74 Å². The van der Waals surface area contributed by atoms with E-state index < -0.39 is 0 Å². The van der Waals surface area contributed by atoms with Crippen LogP contribution in [0.4, 0.5) is 0 Å². The van der Waals surface area contributed by atoms with Gasteiger partial charge in [0.15, 0.2) is 0 Å². The van der Waals surface area contributed by atoms with Gasteiger partial charge in [0, 0.05) is 19.2 Å². The SMILES string of the molecule is C=C(CC)CNC(C)(C)COC. The van der Waals surface area contributed by atoms with E-state index in [0.29, 0.717) is 0 Å². The molecule has 0 aromatic heterocycles. The molecule has 0 saturated heterocycles. The highest BCUT2D eigenvalue weighted by Crippen LogP contribution is 2.03. The second kappa shape index (κ2) is 5.33. The lowest BCUT2D eigenvalue weighted by atomic mass is 10.1. The summed E-state index contributed by atoms with van der Waals surface area (Å²) in [6.45, 7) is 11.9. The molecule has 0 aliphatic rings. The average molecular weight is 171 g/mol. The first-order valence-corrected chi connectivity index (χ1v) is 4.42. The summed E-state index contributed by atoms with van der Waals surface area (Å²) < 4.78 is 5.08. The van der Waals surface area contributed by atoms with Gasteiger partial charge in [-0.2, -0.15) is 0 Å². The van der Waals surface area contributed by atoms with E-state index in [1.54, 1.807) is 7.11 Å². The molecule has 0 bridgehead atoms. The predicted molar refractivity (Wildman–Crippen MR) is 53.4 cm³/mol. The molecule has 0 saturated carbocycles. The Morgan fingerprint density at radius 3 is 2.50 bits per heavy atom. The van der Waals surface area contributed by atoms with Crippen molar-refractivity contribution in [3.05, 3.63) is 12.2 Å². The third kappa shape index (κ3) is 5.33. The van der Waals surface area contributed by atoms with E-state index in [1.807, 2.05) is 0 Å². The van der Waals surface area contributed by atoms with E-state index >= 15 is 0 Å².